The minimum absolute atomic E-state index is 0.0440. The molecule has 0 bridgehead atoms. The minimum Gasteiger partial charge on any atom is -0.399 e. The molecule has 0 saturated carbocycles. The van der Waals surface area contributed by atoms with Crippen molar-refractivity contribution >= 4 is 28.4 Å². The molecular formula is C14H15N5OS. The van der Waals surface area contributed by atoms with Gasteiger partial charge < -0.3 is 5.73 Å². The Morgan fingerprint density at radius 2 is 2.14 bits per heavy atom. The quantitative estimate of drug-likeness (QED) is 0.725. The van der Waals surface area contributed by atoms with E-state index >= 15 is 0 Å². The molecule has 0 unspecified atom stereocenters. The van der Waals surface area contributed by atoms with Gasteiger partial charge in [-0.05, 0) is 49.9 Å². The molecule has 3 aromatic rings. The minimum atomic E-state index is -0.199. The van der Waals surface area contributed by atoms with Crippen LogP contribution in [-0.2, 0) is 0 Å². The summed E-state index contributed by atoms with van der Waals surface area (Å²) in [4.78, 5) is 17.1. The molecule has 0 fully saturated rings. The van der Waals surface area contributed by atoms with Gasteiger partial charge in [-0.3, -0.25) is 9.55 Å². The number of anilines is 1. The van der Waals surface area contributed by atoms with E-state index in [2.05, 4.69) is 15.2 Å². The molecule has 7 heteroatoms. The molecule has 2 aromatic heterocycles. The molecule has 0 radical (unpaired) electrons. The van der Waals surface area contributed by atoms with Crippen LogP contribution in [0.3, 0.4) is 0 Å². The molecule has 0 aliphatic rings. The first kappa shape index (κ1) is 13.7. The third-order valence-corrected chi connectivity index (χ3v) is 4.16. The summed E-state index contributed by atoms with van der Waals surface area (Å²) in [7, 11) is 0. The van der Waals surface area contributed by atoms with Crippen molar-refractivity contribution in [1.82, 2.24) is 19.7 Å². The number of fused-ring (bicyclic) bond motifs is 1. The molecule has 1 aromatic carbocycles. The Balaban J connectivity index is 2.09. The molecule has 108 valence electrons. The van der Waals surface area contributed by atoms with Gasteiger partial charge in [0, 0.05) is 28.2 Å². The highest BCUT2D eigenvalue weighted by atomic mass is 32.2. The third-order valence-electron chi connectivity index (χ3n) is 3.12. The SMILES string of the molecule is CC(C)n1c(Sc2ccnc3cc(N)ccc23)n[nH]c1=O. The van der Waals surface area contributed by atoms with Gasteiger partial charge in [0.25, 0.3) is 0 Å². The number of H-pyrrole nitrogens is 1. The summed E-state index contributed by atoms with van der Waals surface area (Å²) in [6.07, 6.45) is 1.73. The summed E-state index contributed by atoms with van der Waals surface area (Å²) in [5.74, 6) is 0. The van der Waals surface area contributed by atoms with Crippen LogP contribution in [0.1, 0.15) is 19.9 Å². The molecule has 6 nitrogen and oxygen atoms in total. The lowest BCUT2D eigenvalue weighted by atomic mass is 10.2. The van der Waals surface area contributed by atoms with Gasteiger partial charge in [-0.15, -0.1) is 5.10 Å². The zero-order valence-electron chi connectivity index (χ0n) is 11.7. The van der Waals surface area contributed by atoms with Crippen LogP contribution in [0, 0.1) is 0 Å². The van der Waals surface area contributed by atoms with E-state index in [1.165, 1.54) is 11.8 Å². The molecule has 0 aliphatic heterocycles. The zero-order valence-corrected chi connectivity index (χ0v) is 12.5. The number of nitrogen functional groups attached to an aromatic ring is 1. The highest BCUT2D eigenvalue weighted by Crippen LogP contribution is 2.32. The summed E-state index contributed by atoms with van der Waals surface area (Å²) < 4.78 is 1.63. The van der Waals surface area contributed by atoms with Crippen molar-refractivity contribution < 1.29 is 0 Å². The molecule has 0 amide bonds. The van der Waals surface area contributed by atoms with Gasteiger partial charge in [-0.1, -0.05) is 0 Å². The number of aromatic nitrogens is 4. The Labute approximate surface area is 125 Å². The van der Waals surface area contributed by atoms with Gasteiger partial charge in [-0.25, -0.2) is 9.89 Å². The molecule has 3 rings (SSSR count). The lowest BCUT2D eigenvalue weighted by Gasteiger charge is -2.09. The van der Waals surface area contributed by atoms with E-state index in [9.17, 15) is 4.79 Å². The van der Waals surface area contributed by atoms with E-state index in [0.717, 1.165) is 15.8 Å². The van der Waals surface area contributed by atoms with Crippen molar-refractivity contribution in [2.75, 3.05) is 5.73 Å². The standard InChI is InChI=1S/C14H15N5OS/c1-8(2)19-13(20)17-18-14(19)21-12-5-6-16-11-7-9(15)3-4-10(11)12/h3-8H,15H2,1-2H3,(H,17,20). The second-order valence-electron chi connectivity index (χ2n) is 4.96. The summed E-state index contributed by atoms with van der Waals surface area (Å²) in [5.41, 5.74) is 7.09. The summed E-state index contributed by atoms with van der Waals surface area (Å²) in [6.45, 7) is 3.90. The Morgan fingerprint density at radius 3 is 2.90 bits per heavy atom. The topological polar surface area (TPSA) is 89.6 Å². The van der Waals surface area contributed by atoms with Crippen LogP contribution in [0.4, 0.5) is 5.69 Å². The fourth-order valence-electron chi connectivity index (χ4n) is 2.14. The first-order valence-corrected chi connectivity index (χ1v) is 7.37. The molecule has 3 N–H and O–H groups in total. The lowest BCUT2D eigenvalue weighted by molar-refractivity contribution is 0.534. The monoisotopic (exact) mass is 301 g/mol. The number of hydrogen-bond donors (Lipinski definition) is 2. The fourth-order valence-corrected chi connectivity index (χ4v) is 3.24. The van der Waals surface area contributed by atoms with Crippen molar-refractivity contribution in [2.45, 2.75) is 29.9 Å². The predicted molar refractivity (Wildman–Crippen MR) is 83.5 cm³/mol. The van der Waals surface area contributed by atoms with E-state index in [-0.39, 0.29) is 11.7 Å². The van der Waals surface area contributed by atoms with Crippen molar-refractivity contribution in [3.8, 4) is 0 Å². The Morgan fingerprint density at radius 1 is 1.33 bits per heavy atom. The second kappa shape index (κ2) is 5.25. The van der Waals surface area contributed by atoms with Gasteiger partial charge >= 0.3 is 5.69 Å². The van der Waals surface area contributed by atoms with Crippen LogP contribution in [0.15, 0.2) is 45.3 Å². The normalized spacial score (nSPS) is 11.4. The number of benzene rings is 1. The van der Waals surface area contributed by atoms with Gasteiger partial charge in [-0.2, -0.15) is 0 Å². The highest BCUT2D eigenvalue weighted by molar-refractivity contribution is 7.99. The molecule has 2 heterocycles. The maximum atomic E-state index is 11.8. The van der Waals surface area contributed by atoms with Gasteiger partial charge in [0.15, 0.2) is 5.16 Å². The number of hydrogen-bond acceptors (Lipinski definition) is 5. The van der Waals surface area contributed by atoms with Crippen molar-refractivity contribution in [3.05, 3.63) is 40.9 Å². The van der Waals surface area contributed by atoms with Gasteiger partial charge in [0.1, 0.15) is 0 Å². The van der Waals surface area contributed by atoms with Crippen LogP contribution in [0.5, 0.6) is 0 Å². The summed E-state index contributed by atoms with van der Waals surface area (Å²) >= 11 is 1.44. The number of nitrogens with two attached hydrogens (primary N) is 1. The maximum absolute atomic E-state index is 11.8. The summed E-state index contributed by atoms with van der Waals surface area (Å²) in [5, 5.41) is 8.22. The Kier molecular flexibility index (Phi) is 3.42. The van der Waals surface area contributed by atoms with Crippen LogP contribution in [0.2, 0.25) is 0 Å². The van der Waals surface area contributed by atoms with Crippen LogP contribution < -0.4 is 11.4 Å². The number of rotatable bonds is 3. The Hall–Kier alpha value is -2.28. The van der Waals surface area contributed by atoms with Crippen LogP contribution in [0.25, 0.3) is 10.9 Å². The van der Waals surface area contributed by atoms with Gasteiger partial charge in [0.05, 0.1) is 5.52 Å². The average molecular weight is 301 g/mol. The average Bonchev–Trinajstić information content (AvgIpc) is 2.79. The van der Waals surface area contributed by atoms with Gasteiger partial charge in [0.2, 0.25) is 0 Å². The predicted octanol–water partition coefficient (Wildman–Crippen LogP) is 2.43. The number of aromatic amines is 1. The smallest absolute Gasteiger partial charge is 0.344 e. The van der Waals surface area contributed by atoms with E-state index in [1.807, 2.05) is 38.1 Å². The molecule has 21 heavy (non-hydrogen) atoms. The fraction of sp³-hybridized carbons (Fsp3) is 0.214. The van der Waals surface area contributed by atoms with E-state index in [0.29, 0.717) is 10.8 Å². The zero-order chi connectivity index (χ0) is 15.0. The molecule has 0 atom stereocenters. The third kappa shape index (κ3) is 2.52. The number of nitrogens with one attached hydrogen (secondary N) is 1. The summed E-state index contributed by atoms with van der Waals surface area (Å²) in [6, 6.07) is 7.56. The van der Waals surface area contributed by atoms with Crippen molar-refractivity contribution in [1.29, 1.82) is 0 Å². The molecule has 0 aliphatic carbocycles. The first-order valence-electron chi connectivity index (χ1n) is 6.55. The lowest BCUT2D eigenvalue weighted by Crippen LogP contribution is -2.19. The largest absolute Gasteiger partial charge is 0.399 e. The number of nitrogens with zero attached hydrogens (tertiary/aromatic N) is 3. The number of pyridine rings is 1. The molecule has 0 saturated heterocycles. The van der Waals surface area contributed by atoms with E-state index in [4.69, 9.17) is 5.73 Å². The molecular weight excluding hydrogens is 286 g/mol. The highest BCUT2D eigenvalue weighted by Gasteiger charge is 2.14. The second-order valence-corrected chi connectivity index (χ2v) is 5.97. The Bertz CT molecular complexity index is 852. The van der Waals surface area contributed by atoms with Crippen LogP contribution >= 0.6 is 11.8 Å². The first-order chi connectivity index (χ1) is 10.1. The van der Waals surface area contributed by atoms with E-state index < -0.39 is 0 Å². The van der Waals surface area contributed by atoms with Crippen LogP contribution in [-0.4, -0.2) is 19.7 Å². The van der Waals surface area contributed by atoms with Crippen molar-refractivity contribution in [3.63, 3.8) is 0 Å². The maximum Gasteiger partial charge on any atom is 0.344 e. The van der Waals surface area contributed by atoms with Crippen molar-refractivity contribution in [2.24, 2.45) is 0 Å². The molecule has 0 spiro atoms. The van der Waals surface area contributed by atoms with E-state index in [1.54, 1.807) is 10.8 Å².